The molecule has 0 aliphatic heterocycles. The molecule has 0 radical (unpaired) electrons. The van der Waals surface area contributed by atoms with Crippen LogP contribution in [-0.2, 0) is 19.9 Å². The normalized spacial score (nSPS) is 11.9. The highest BCUT2D eigenvalue weighted by Gasteiger charge is 2.18. The summed E-state index contributed by atoms with van der Waals surface area (Å²) in [7, 11) is -7.44. The van der Waals surface area contributed by atoms with Gasteiger partial charge in [-0.25, -0.2) is 16.8 Å². The summed E-state index contributed by atoms with van der Waals surface area (Å²) in [5.41, 5.74) is 2.02. The first-order chi connectivity index (χ1) is 12.3. The van der Waals surface area contributed by atoms with E-state index in [1.165, 1.54) is 18.2 Å². The van der Waals surface area contributed by atoms with Crippen molar-refractivity contribution in [2.24, 2.45) is 0 Å². The Kier molecular flexibility index (Phi) is 4.84. The van der Waals surface area contributed by atoms with Gasteiger partial charge in [-0.05, 0) is 29.8 Å². The molecule has 0 bridgehead atoms. The molecule has 5 nitrogen and oxygen atoms in total. The van der Waals surface area contributed by atoms with Crippen molar-refractivity contribution >= 4 is 25.5 Å². The fraction of sp³-hybridized carbons (Fsp3) is 0.0526. The van der Waals surface area contributed by atoms with Crippen molar-refractivity contribution in [3.05, 3.63) is 78.9 Å². The Morgan fingerprint density at radius 3 is 2.00 bits per heavy atom. The molecule has 0 saturated heterocycles. The van der Waals surface area contributed by atoms with Gasteiger partial charge in [0, 0.05) is 11.8 Å². The molecule has 0 aliphatic rings. The molecule has 0 atom stereocenters. The summed E-state index contributed by atoms with van der Waals surface area (Å²) in [4.78, 5) is -0.153. The van der Waals surface area contributed by atoms with Crippen LogP contribution in [-0.4, -0.2) is 23.1 Å². The molecule has 0 saturated carbocycles. The van der Waals surface area contributed by atoms with Crippen LogP contribution in [0.5, 0.6) is 0 Å². The van der Waals surface area contributed by atoms with E-state index in [4.69, 9.17) is 0 Å². The van der Waals surface area contributed by atoms with Gasteiger partial charge in [0.25, 0.3) is 10.0 Å². The van der Waals surface area contributed by atoms with Crippen LogP contribution < -0.4 is 4.72 Å². The van der Waals surface area contributed by atoms with Gasteiger partial charge in [-0.15, -0.1) is 0 Å². The molecule has 1 N–H and O–H groups in total. The van der Waals surface area contributed by atoms with Gasteiger partial charge < -0.3 is 0 Å². The summed E-state index contributed by atoms with van der Waals surface area (Å²) in [5.74, 6) is 0. The average Bonchev–Trinajstić information content (AvgIpc) is 2.62. The van der Waals surface area contributed by atoms with Crippen molar-refractivity contribution in [1.82, 2.24) is 0 Å². The number of sulfone groups is 1. The quantitative estimate of drug-likeness (QED) is 0.726. The van der Waals surface area contributed by atoms with E-state index in [2.05, 4.69) is 4.72 Å². The van der Waals surface area contributed by atoms with Crippen molar-refractivity contribution < 1.29 is 16.8 Å². The van der Waals surface area contributed by atoms with Gasteiger partial charge in [0.1, 0.15) is 0 Å². The minimum atomic E-state index is -3.94. The van der Waals surface area contributed by atoms with Crippen LogP contribution in [0.4, 0.5) is 5.69 Å². The third kappa shape index (κ3) is 3.95. The summed E-state index contributed by atoms with van der Waals surface area (Å²) >= 11 is 0. The van der Waals surface area contributed by atoms with Gasteiger partial charge in [-0.3, -0.25) is 4.72 Å². The van der Waals surface area contributed by atoms with E-state index >= 15 is 0 Å². The lowest BCUT2D eigenvalue weighted by Crippen LogP contribution is -2.14. The first kappa shape index (κ1) is 18.2. The Hall–Kier alpha value is -2.64. The fourth-order valence-electron chi connectivity index (χ4n) is 2.52. The number of benzene rings is 3. The monoisotopic (exact) mass is 387 g/mol. The largest absolute Gasteiger partial charge is 0.279 e. The lowest BCUT2D eigenvalue weighted by Gasteiger charge is -2.13. The van der Waals surface area contributed by atoms with Crippen LogP contribution in [0.1, 0.15) is 0 Å². The molecule has 3 rings (SSSR count). The SMILES string of the molecule is CS(=O)(=O)c1cccc(S(=O)(=O)Nc2ccccc2-c2ccccc2)c1. The minimum absolute atomic E-state index is 0.0447. The van der Waals surface area contributed by atoms with Gasteiger partial charge in [-0.1, -0.05) is 54.6 Å². The molecule has 0 amide bonds. The summed E-state index contributed by atoms with van der Waals surface area (Å²) in [6.07, 6.45) is 1.04. The second-order valence-electron chi connectivity index (χ2n) is 5.76. The summed E-state index contributed by atoms with van der Waals surface area (Å²) < 4.78 is 51.5. The molecule has 7 heteroatoms. The van der Waals surface area contributed by atoms with E-state index in [0.29, 0.717) is 5.69 Å². The van der Waals surface area contributed by atoms with Crippen LogP contribution in [0.15, 0.2) is 88.7 Å². The predicted octanol–water partition coefficient (Wildman–Crippen LogP) is 3.56. The average molecular weight is 387 g/mol. The fourth-order valence-corrected chi connectivity index (χ4v) is 4.38. The maximum Gasteiger partial charge on any atom is 0.261 e. The third-order valence-corrected chi connectivity index (χ3v) is 6.27. The van der Waals surface area contributed by atoms with E-state index in [0.717, 1.165) is 23.4 Å². The van der Waals surface area contributed by atoms with Gasteiger partial charge in [0.15, 0.2) is 9.84 Å². The molecule has 0 unspecified atom stereocenters. The van der Waals surface area contributed by atoms with Crippen molar-refractivity contribution in [2.45, 2.75) is 9.79 Å². The molecule has 0 spiro atoms. The van der Waals surface area contributed by atoms with Gasteiger partial charge in [-0.2, -0.15) is 0 Å². The zero-order chi connectivity index (χ0) is 18.8. The Balaban J connectivity index is 2.02. The Morgan fingerprint density at radius 2 is 1.31 bits per heavy atom. The van der Waals surface area contributed by atoms with E-state index in [1.807, 2.05) is 42.5 Å². The number of hydrogen-bond acceptors (Lipinski definition) is 4. The first-order valence-electron chi connectivity index (χ1n) is 7.75. The zero-order valence-corrected chi connectivity index (χ0v) is 15.6. The van der Waals surface area contributed by atoms with Crippen molar-refractivity contribution in [2.75, 3.05) is 11.0 Å². The number of para-hydroxylation sites is 1. The van der Waals surface area contributed by atoms with Gasteiger partial charge in [0.05, 0.1) is 15.5 Å². The van der Waals surface area contributed by atoms with Crippen LogP contribution in [0.2, 0.25) is 0 Å². The number of sulfonamides is 1. The molecule has 26 heavy (non-hydrogen) atoms. The smallest absolute Gasteiger partial charge is 0.261 e. The molecule has 3 aromatic carbocycles. The lowest BCUT2D eigenvalue weighted by atomic mass is 10.0. The molecule has 134 valence electrons. The lowest BCUT2D eigenvalue weighted by molar-refractivity contribution is 0.599. The highest BCUT2D eigenvalue weighted by Crippen LogP contribution is 2.29. The molecule has 0 heterocycles. The van der Waals surface area contributed by atoms with Gasteiger partial charge in [0.2, 0.25) is 0 Å². The zero-order valence-electron chi connectivity index (χ0n) is 14.0. The number of nitrogens with one attached hydrogen (secondary N) is 1. The Bertz CT molecular complexity index is 1140. The number of anilines is 1. The van der Waals surface area contributed by atoms with Crippen LogP contribution in [0, 0.1) is 0 Å². The van der Waals surface area contributed by atoms with E-state index in [9.17, 15) is 16.8 Å². The standard InChI is InChI=1S/C19H17NO4S2/c1-25(21,22)16-10-7-11-17(14-16)26(23,24)20-19-13-6-5-12-18(19)15-8-3-2-4-9-15/h2-14,20H,1H3. The maximum absolute atomic E-state index is 12.8. The summed E-state index contributed by atoms with van der Waals surface area (Å²) in [5, 5.41) is 0. The highest BCUT2D eigenvalue weighted by atomic mass is 32.2. The molecule has 0 fully saturated rings. The predicted molar refractivity (Wildman–Crippen MR) is 102 cm³/mol. The van der Waals surface area contributed by atoms with Crippen molar-refractivity contribution in [1.29, 1.82) is 0 Å². The molecule has 0 aromatic heterocycles. The molecule has 0 aliphatic carbocycles. The Labute approximate surface area is 153 Å². The van der Waals surface area contributed by atoms with Crippen molar-refractivity contribution in [3.63, 3.8) is 0 Å². The number of rotatable bonds is 5. The minimum Gasteiger partial charge on any atom is -0.279 e. The molecular formula is C19H17NO4S2. The topological polar surface area (TPSA) is 80.3 Å². The van der Waals surface area contributed by atoms with Crippen molar-refractivity contribution in [3.8, 4) is 11.1 Å². The molecule has 3 aromatic rings. The second kappa shape index (κ2) is 6.93. The van der Waals surface area contributed by atoms with Crippen LogP contribution >= 0.6 is 0 Å². The van der Waals surface area contributed by atoms with E-state index in [-0.39, 0.29) is 9.79 Å². The Morgan fingerprint density at radius 1 is 0.692 bits per heavy atom. The highest BCUT2D eigenvalue weighted by molar-refractivity contribution is 7.93. The summed E-state index contributed by atoms with van der Waals surface area (Å²) in [6.45, 7) is 0. The third-order valence-electron chi connectivity index (χ3n) is 3.80. The molecular weight excluding hydrogens is 370 g/mol. The van der Waals surface area contributed by atoms with E-state index < -0.39 is 19.9 Å². The first-order valence-corrected chi connectivity index (χ1v) is 11.1. The maximum atomic E-state index is 12.8. The second-order valence-corrected chi connectivity index (χ2v) is 9.46. The van der Waals surface area contributed by atoms with Crippen LogP contribution in [0.25, 0.3) is 11.1 Å². The van der Waals surface area contributed by atoms with Crippen LogP contribution in [0.3, 0.4) is 0 Å². The van der Waals surface area contributed by atoms with Gasteiger partial charge >= 0.3 is 0 Å². The number of hydrogen-bond donors (Lipinski definition) is 1. The van der Waals surface area contributed by atoms with E-state index in [1.54, 1.807) is 12.1 Å². The summed E-state index contributed by atoms with van der Waals surface area (Å²) in [6, 6.07) is 21.7.